The van der Waals surface area contributed by atoms with E-state index in [-0.39, 0.29) is 11.7 Å². The van der Waals surface area contributed by atoms with Gasteiger partial charge in [0.1, 0.15) is 5.82 Å². The first-order chi connectivity index (χ1) is 15.9. The molecule has 8 heteroatoms. The largest absolute Gasteiger partial charge is 0.318 e. The van der Waals surface area contributed by atoms with Gasteiger partial charge in [-0.3, -0.25) is 13.9 Å². The van der Waals surface area contributed by atoms with Gasteiger partial charge < -0.3 is 4.52 Å². The van der Waals surface area contributed by atoms with Crippen LogP contribution in [0.15, 0.2) is 77.6 Å². The van der Waals surface area contributed by atoms with Gasteiger partial charge in [0, 0.05) is 24.2 Å². The van der Waals surface area contributed by atoms with Crippen LogP contribution in [0.4, 0.5) is 0 Å². The van der Waals surface area contributed by atoms with Crippen molar-refractivity contribution in [2.45, 2.75) is 19.6 Å². The molecule has 1 unspecified atom stereocenters. The second-order valence-electron chi connectivity index (χ2n) is 7.73. The second kappa shape index (κ2) is 10.0. The highest BCUT2D eigenvalue weighted by Crippen LogP contribution is 2.46. The van der Waals surface area contributed by atoms with Crippen molar-refractivity contribution in [3.05, 3.63) is 99.3 Å². The molecule has 0 spiro atoms. The summed E-state index contributed by atoms with van der Waals surface area (Å²) >= 11 is 6.09. The molecule has 0 fully saturated rings. The fourth-order valence-corrected chi connectivity index (χ4v) is 5.66. The van der Waals surface area contributed by atoms with E-state index in [0.29, 0.717) is 34.9 Å². The van der Waals surface area contributed by atoms with Gasteiger partial charge in [-0.15, -0.1) is 0 Å². The first kappa shape index (κ1) is 23.4. The standard InChI is InChI=1S/C25H25ClN3O3P/c1-3-32-33(31,27-16-18-7-5-4-6-8-18)17-19-9-11-20(12-10-19)24-28-23-15-21(26)13-14-22(23)25(30)29(24)2/h4-15H,3,16-17H2,1-2H3,(H,27,31). The Morgan fingerprint density at radius 3 is 2.45 bits per heavy atom. The normalized spacial score (nSPS) is 13.2. The van der Waals surface area contributed by atoms with Crippen LogP contribution in [0.5, 0.6) is 0 Å². The summed E-state index contributed by atoms with van der Waals surface area (Å²) in [6.45, 7) is 2.64. The van der Waals surface area contributed by atoms with E-state index in [9.17, 15) is 9.36 Å². The third kappa shape index (κ3) is 5.43. The molecule has 0 amide bonds. The number of nitrogens with zero attached hydrogens (tertiary/aromatic N) is 2. The molecule has 1 heterocycles. The molecule has 0 saturated carbocycles. The van der Waals surface area contributed by atoms with Crippen molar-refractivity contribution in [2.24, 2.45) is 7.05 Å². The van der Waals surface area contributed by atoms with Gasteiger partial charge in [-0.2, -0.15) is 0 Å². The van der Waals surface area contributed by atoms with Crippen molar-refractivity contribution < 1.29 is 9.09 Å². The molecule has 0 aliphatic carbocycles. The minimum absolute atomic E-state index is 0.137. The molecule has 4 rings (SSSR count). The summed E-state index contributed by atoms with van der Waals surface area (Å²) in [5.74, 6) is 0.538. The molecule has 4 aromatic rings. The van der Waals surface area contributed by atoms with Gasteiger partial charge in [0.15, 0.2) is 0 Å². The fraction of sp³-hybridized carbons (Fsp3) is 0.200. The van der Waals surface area contributed by atoms with Gasteiger partial charge in [0.05, 0.1) is 23.7 Å². The van der Waals surface area contributed by atoms with Gasteiger partial charge >= 0.3 is 0 Å². The maximum absolute atomic E-state index is 13.4. The number of fused-ring (bicyclic) bond motifs is 1. The summed E-state index contributed by atoms with van der Waals surface area (Å²) < 4.78 is 20.5. The molecule has 170 valence electrons. The van der Waals surface area contributed by atoms with Crippen LogP contribution in [0.2, 0.25) is 5.02 Å². The molecule has 33 heavy (non-hydrogen) atoms. The van der Waals surface area contributed by atoms with E-state index in [4.69, 9.17) is 16.1 Å². The molecular weight excluding hydrogens is 457 g/mol. The van der Waals surface area contributed by atoms with Gasteiger partial charge in [-0.25, -0.2) is 10.1 Å². The van der Waals surface area contributed by atoms with Crippen molar-refractivity contribution in [3.63, 3.8) is 0 Å². The molecule has 0 radical (unpaired) electrons. The number of aromatic nitrogens is 2. The molecular formula is C25H25ClN3O3P. The van der Waals surface area contributed by atoms with E-state index >= 15 is 0 Å². The maximum Gasteiger partial charge on any atom is 0.274 e. The Morgan fingerprint density at radius 2 is 1.76 bits per heavy atom. The fourth-order valence-electron chi connectivity index (χ4n) is 3.67. The topological polar surface area (TPSA) is 73.2 Å². The maximum atomic E-state index is 13.4. The number of nitrogens with one attached hydrogen (secondary N) is 1. The summed E-state index contributed by atoms with van der Waals surface area (Å²) in [6, 6.07) is 22.4. The molecule has 0 aliphatic rings. The molecule has 1 aromatic heterocycles. The molecule has 1 N–H and O–H groups in total. The summed E-state index contributed by atoms with van der Waals surface area (Å²) in [7, 11) is -1.39. The number of hydrogen-bond donors (Lipinski definition) is 1. The zero-order valence-corrected chi connectivity index (χ0v) is 20.1. The van der Waals surface area contributed by atoms with Gasteiger partial charge in [0.25, 0.3) is 13.1 Å². The highest BCUT2D eigenvalue weighted by Gasteiger charge is 2.23. The van der Waals surface area contributed by atoms with Crippen LogP contribution in [0.3, 0.4) is 0 Å². The summed E-state index contributed by atoms with van der Waals surface area (Å²) in [5.41, 5.74) is 3.10. The number of halogens is 1. The molecule has 3 aromatic carbocycles. The van der Waals surface area contributed by atoms with E-state index in [0.717, 1.165) is 16.7 Å². The Labute approximate surface area is 197 Å². The predicted molar refractivity (Wildman–Crippen MR) is 134 cm³/mol. The monoisotopic (exact) mass is 481 g/mol. The molecule has 1 atom stereocenters. The van der Waals surface area contributed by atoms with Crippen LogP contribution >= 0.6 is 19.1 Å². The van der Waals surface area contributed by atoms with Gasteiger partial charge in [-0.05, 0) is 36.2 Å². The lowest BCUT2D eigenvalue weighted by atomic mass is 10.1. The first-order valence-corrected chi connectivity index (χ1v) is 12.9. The molecule has 6 nitrogen and oxygen atoms in total. The zero-order valence-electron chi connectivity index (χ0n) is 18.5. The lowest BCUT2D eigenvalue weighted by Gasteiger charge is -2.19. The molecule has 0 aliphatic heterocycles. The van der Waals surface area contributed by atoms with Crippen LogP contribution in [-0.2, 0) is 28.8 Å². The van der Waals surface area contributed by atoms with E-state index in [1.165, 1.54) is 4.57 Å². The van der Waals surface area contributed by atoms with E-state index in [1.54, 1.807) is 25.2 Å². The Bertz CT molecular complexity index is 1370. The highest BCUT2D eigenvalue weighted by molar-refractivity contribution is 7.56. The van der Waals surface area contributed by atoms with Crippen LogP contribution in [-0.4, -0.2) is 16.2 Å². The second-order valence-corrected chi connectivity index (χ2v) is 10.4. The SMILES string of the molecule is CCOP(=O)(Cc1ccc(-c2nc3cc(Cl)ccc3c(=O)n2C)cc1)NCc1ccccc1. The third-order valence-electron chi connectivity index (χ3n) is 5.35. The van der Waals surface area contributed by atoms with Crippen LogP contribution in [0, 0.1) is 0 Å². The highest BCUT2D eigenvalue weighted by atomic mass is 35.5. The lowest BCUT2D eigenvalue weighted by molar-refractivity contribution is 0.323. The minimum Gasteiger partial charge on any atom is -0.318 e. The van der Waals surface area contributed by atoms with Crippen molar-refractivity contribution >= 4 is 30.0 Å². The number of benzene rings is 3. The van der Waals surface area contributed by atoms with Crippen molar-refractivity contribution in [1.29, 1.82) is 0 Å². The number of rotatable bonds is 8. The summed E-state index contributed by atoms with van der Waals surface area (Å²) in [6.07, 6.45) is 0.258. The Kier molecular flexibility index (Phi) is 7.11. The Hall–Kier alpha value is -2.76. The van der Waals surface area contributed by atoms with E-state index in [1.807, 2.05) is 61.5 Å². The van der Waals surface area contributed by atoms with Crippen LogP contribution in [0.1, 0.15) is 18.1 Å². The zero-order chi connectivity index (χ0) is 23.4. The smallest absolute Gasteiger partial charge is 0.274 e. The molecule has 0 saturated heterocycles. The van der Waals surface area contributed by atoms with Crippen molar-refractivity contribution in [2.75, 3.05) is 6.61 Å². The van der Waals surface area contributed by atoms with Crippen molar-refractivity contribution in [3.8, 4) is 11.4 Å². The van der Waals surface area contributed by atoms with Crippen molar-refractivity contribution in [1.82, 2.24) is 14.6 Å². The Balaban J connectivity index is 1.58. The van der Waals surface area contributed by atoms with E-state index in [2.05, 4.69) is 10.1 Å². The third-order valence-corrected chi connectivity index (χ3v) is 7.68. The average molecular weight is 482 g/mol. The summed E-state index contributed by atoms with van der Waals surface area (Å²) in [5, 5.41) is 4.16. The first-order valence-electron chi connectivity index (χ1n) is 10.7. The average Bonchev–Trinajstić information content (AvgIpc) is 2.81. The van der Waals surface area contributed by atoms with Crippen LogP contribution in [0.25, 0.3) is 22.3 Å². The predicted octanol–water partition coefficient (Wildman–Crippen LogP) is 5.77. The summed E-state index contributed by atoms with van der Waals surface area (Å²) in [4.78, 5) is 17.4. The van der Waals surface area contributed by atoms with Gasteiger partial charge in [-0.1, -0.05) is 66.2 Å². The van der Waals surface area contributed by atoms with Gasteiger partial charge in [0.2, 0.25) is 0 Å². The lowest BCUT2D eigenvalue weighted by Crippen LogP contribution is -2.20. The quantitative estimate of drug-likeness (QED) is 0.323. The molecule has 0 bridgehead atoms. The Morgan fingerprint density at radius 1 is 1.03 bits per heavy atom. The van der Waals surface area contributed by atoms with E-state index < -0.39 is 7.52 Å². The number of hydrogen-bond acceptors (Lipinski definition) is 4. The van der Waals surface area contributed by atoms with Crippen LogP contribution < -0.4 is 10.6 Å². The minimum atomic E-state index is -3.08.